The fourth-order valence-electron chi connectivity index (χ4n) is 11.7. The Hall–Kier alpha value is 1.67. The van der Waals surface area contributed by atoms with E-state index in [1.807, 2.05) is 65.1 Å². The highest BCUT2D eigenvalue weighted by molar-refractivity contribution is 8.21. The molecule has 0 radical (unpaired) electrons. The lowest BCUT2D eigenvalue weighted by atomic mass is 9.77. The van der Waals surface area contributed by atoms with Crippen LogP contribution in [-0.4, -0.2) is 167 Å². The lowest BCUT2D eigenvalue weighted by Gasteiger charge is -2.33. The zero-order valence-corrected chi connectivity index (χ0v) is 75.7. The van der Waals surface area contributed by atoms with Gasteiger partial charge in [-0.1, -0.05) is 75.0 Å². The van der Waals surface area contributed by atoms with E-state index in [0.29, 0.717) is 47.5 Å². The molecule has 0 N–H and O–H groups in total. The number of epoxide rings is 1. The van der Waals surface area contributed by atoms with E-state index in [0.717, 1.165) is 79.3 Å². The van der Waals surface area contributed by atoms with Crippen LogP contribution in [0.4, 0.5) is 0 Å². The van der Waals surface area contributed by atoms with Crippen molar-refractivity contribution in [2.75, 3.05) is 74.8 Å². The Kier molecular flexibility index (Phi) is 37.1. The third kappa shape index (κ3) is 32.4. The van der Waals surface area contributed by atoms with Gasteiger partial charge in [-0.25, -0.2) is 16.8 Å². The smallest absolute Gasteiger partial charge is 0.159 e. The summed E-state index contributed by atoms with van der Waals surface area (Å²) in [5.41, 5.74) is 7.87. The summed E-state index contributed by atoms with van der Waals surface area (Å²) in [7, 11) is -7.71. The van der Waals surface area contributed by atoms with Crippen molar-refractivity contribution in [3.63, 3.8) is 0 Å². The number of rotatable bonds is 0. The van der Waals surface area contributed by atoms with Gasteiger partial charge in [0.05, 0.1) is 48.7 Å². The summed E-state index contributed by atoms with van der Waals surface area (Å²) in [6.07, 6.45) is 11.9. The number of sulfone groups is 2. The number of hydrogen-bond acceptors (Lipinski definition) is 18. The Morgan fingerprint density at radius 1 is 0.396 bits per heavy atom. The number of ketones is 2. The molecular formula is C73H134O10S13. The van der Waals surface area contributed by atoms with Crippen LogP contribution in [-0.2, 0) is 66.4 Å². The first-order valence-corrected chi connectivity index (χ1v) is 49.8. The number of hydrogen-bond donors (Lipinski definition) is 0. The molecule has 96 heavy (non-hydrogen) atoms. The summed E-state index contributed by atoms with van der Waals surface area (Å²) in [4.78, 5) is 21.6. The Labute approximate surface area is 631 Å². The molecule has 0 aromatic carbocycles. The molecule has 10 aliphatic heterocycles. The number of thioether (sulfide) groups is 8. The molecule has 11 rings (SSSR count). The summed E-state index contributed by atoms with van der Waals surface area (Å²) in [5.74, 6) is 13.5. The van der Waals surface area contributed by atoms with Crippen molar-refractivity contribution < 1.29 is 43.8 Å². The van der Waals surface area contributed by atoms with E-state index in [9.17, 15) is 39.1 Å². The number of Topliss-reactive ketones (excluding diaryl/α,β-unsaturated/α-hetero) is 2. The van der Waals surface area contributed by atoms with Crippen LogP contribution in [0.5, 0.6) is 0 Å². The van der Waals surface area contributed by atoms with Crippen molar-refractivity contribution in [2.24, 2.45) is 5.41 Å². The van der Waals surface area contributed by atoms with Crippen LogP contribution < -0.4 is 0 Å². The highest BCUT2D eigenvalue weighted by Gasteiger charge is 2.71. The van der Waals surface area contributed by atoms with Gasteiger partial charge in [0.1, 0.15) is 17.2 Å². The predicted molar refractivity (Wildman–Crippen MR) is 445 cm³/mol. The lowest BCUT2D eigenvalue weighted by molar-refractivity contribution is -0.123. The number of fused-ring (bicyclic) bond motifs is 1. The third-order valence-corrected chi connectivity index (χ3v) is 43.8. The van der Waals surface area contributed by atoms with Crippen LogP contribution in [0.1, 0.15) is 271 Å². The number of ether oxygens (including phenoxy) is 1. The first kappa shape index (κ1) is 93.8. The average molecular weight is 1590 g/mol. The minimum absolute atomic E-state index is 0.00356. The second-order valence-corrected chi connectivity index (χ2v) is 59.9. The fourth-order valence-corrected chi connectivity index (χ4v) is 29.7. The Morgan fingerprint density at radius 2 is 0.875 bits per heavy atom. The van der Waals surface area contributed by atoms with Crippen LogP contribution in [0.3, 0.4) is 0 Å². The van der Waals surface area contributed by atoms with Crippen LogP contribution in [0.25, 0.3) is 0 Å². The molecule has 1 saturated carbocycles. The van der Waals surface area contributed by atoms with Crippen LogP contribution in [0.2, 0.25) is 0 Å². The van der Waals surface area contributed by atoms with Gasteiger partial charge in [-0.15, -0.1) is 82.3 Å². The molecule has 0 aromatic rings. The topological polar surface area (TPSA) is 166 Å². The first-order valence-electron chi connectivity index (χ1n) is 34.6. The quantitative estimate of drug-likeness (QED) is 0.166. The third-order valence-electron chi connectivity index (χ3n) is 19.3. The number of carbonyl (C=O) groups is 2. The van der Waals surface area contributed by atoms with Crippen molar-refractivity contribution in [2.45, 2.75) is 322 Å². The first-order chi connectivity index (χ1) is 43.2. The van der Waals surface area contributed by atoms with Gasteiger partial charge in [-0.2, -0.15) is 11.8 Å². The summed E-state index contributed by atoms with van der Waals surface area (Å²) in [6.45, 7) is 58.7. The second-order valence-electron chi connectivity index (χ2n) is 33.6. The maximum atomic E-state index is 11.8. The van der Waals surface area contributed by atoms with E-state index in [4.69, 9.17) is 4.74 Å². The van der Waals surface area contributed by atoms with Crippen LogP contribution in [0, 0.1) is 5.41 Å². The largest absolute Gasteiger partial charge is 0.362 e. The summed E-state index contributed by atoms with van der Waals surface area (Å²) >= 11 is 15.8. The predicted octanol–water partition coefficient (Wildman–Crippen LogP) is 20.2. The molecule has 10 nitrogen and oxygen atoms in total. The molecule has 10 heterocycles. The Morgan fingerprint density at radius 3 is 1.21 bits per heavy atom. The minimum Gasteiger partial charge on any atom is -0.362 e. The van der Waals surface area contributed by atoms with E-state index in [1.54, 1.807) is 50.6 Å². The van der Waals surface area contributed by atoms with E-state index < -0.39 is 67.2 Å². The van der Waals surface area contributed by atoms with Gasteiger partial charge in [0, 0.05) is 106 Å². The molecule has 0 spiro atoms. The summed E-state index contributed by atoms with van der Waals surface area (Å²) < 4.78 is 86.9. The zero-order valence-electron chi connectivity index (χ0n) is 65.1. The minimum atomic E-state index is -2.99. The SMILES string of the molecule is CC1(C)CCC(=O)CS1.CC1(C)CCCC(=O)C1.CC1(C)SCCCS1.CC1(C)SCCCS1=O.CC1(C)SCCS1.CC1(C)SCCS1=O.CC12CC(C)(C)S(=O)(=O)CC1(C)O2.CC1=C(C)CC(C)(C)S(=O)C1.CC1=C(C)CC(C)(C)SC1.CC1=C(C)CS(=O)(=O)C(C)(C)C1. The normalized spacial score (nSPS) is 31.9. The van der Waals surface area contributed by atoms with E-state index in [-0.39, 0.29) is 30.0 Å². The molecule has 8 fully saturated rings. The molecule has 5 atom stereocenters. The van der Waals surface area contributed by atoms with Gasteiger partial charge in [0.15, 0.2) is 19.7 Å². The van der Waals surface area contributed by atoms with Gasteiger partial charge in [-0.05, 0) is 233 Å². The fraction of sp³-hybridized carbons (Fsp3) is 0.890. The van der Waals surface area contributed by atoms with Crippen LogP contribution in [0.15, 0.2) is 33.4 Å². The van der Waals surface area contributed by atoms with Gasteiger partial charge in [-0.3, -0.25) is 22.2 Å². The molecule has 11 aliphatic rings. The molecular weight excluding hydrogens is 1450 g/mol. The second kappa shape index (κ2) is 38.0. The monoisotopic (exact) mass is 1590 g/mol. The maximum absolute atomic E-state index is 11.8. The van der Waals surface area contributed by atoms with Gasteiger partial charge in [0.2, 0.25) is 0 Å². The average Bonchev–Trinajstić information content (AvgIpc) is 1.52. The summed E-state index contributed by atoms with van der Waals surface area (Å²) in [6, 6.07) is 0. The standard InChI is InChI=1S/C9H16O3S.C9H16O2S.C9H16OS.C9H16S.C8H14O.C7H12OS.C6H12OS2.C6H12S2.C5H10OS2.C5H10S2/c1-7(2)5-8(3)9(4,12-8)6-13(7,10)11;1-7-5-9(3,4)12(10,11)6-8(7)2;1-7-5-9(3,4)11(10)6-8(7)2;1-7-5-9(3,4)10-6-8(7)2;1-8(2)5-3-4-7(9)6-8;1-7(2)4-3-6(8)5-9-7;1-6(2)8-4-3-5-9(6)7;1-6(2)7-4-3-5-8-6;1-5(2)7-3-4-8(5)6;1-5(2)6-3-4-7-5/h5-6H2,1-4H3;5-6H2,1-4H3;5-6H2,1-4H3;5-6H2,1-4H3;3-6H2,1-2H3;2*3-5H2,1-2H3;3-5H2,1-2H3;3-4H2,1-2H3;3-4H2,1-2H3. The van der Waals surface area contributed by atoms with E-state index in [2.05, 4.69) is 183 Å². The van der Waals surface area contributed by atoms with Crippen LogP contribution >= 0.6 is 94.1 Å². The van der Waals surface area contributed by atoms with Crippen molar-refractivity contribution >= 4 is 158 Å². The van der Waals surface area contributed by atoms with Gasteiger partial charge < -0.3 is 4.74 Å². The number of allylic oxidation sites excluding steroid dienone is 3. The highest BCUT2D eigenvalue weighted by Crippen LogP contribution is 2.58. The molecule has 0 aromatic heterocycles. The molecule has 0 bridgehead atoms. The zero-order chi connectivity index (χ0) is 74.4. The molecule has 0 amide bonds. The van der Waals surface area contributed by atoms with E-state index >= 15 is 0 Å². The van der Waals surface area contributed by atoms with Gasteiger partial charge >= 0.3 is 0 Å². The molecule has 1 aliphatic carbocycles. The Balaban J connectivity index is 0.000000365. The van der Waals surface area contributed by atoms with Crippen molar-refractivity contribution in [3.05, 3.63) is 33.4 Å². The van der Waals surface area contributed by atoms with Crippen molar-refractivity contribution in [1.82, 2.24) is 0 Å². The highest BCUT2D eigenvalue weighted by atomic mass is 32.2. The molecule has 23 heteroatoms. The molecule has 564 valence electrons. The Bertz CT molecular complexity index is 2970. The molecule has 5 unspecified atom stereocenters. The van der Waals surface area contributed by atoms with Crippen molar-refractivity contribution in [1.29, 1.82) is 0 Å². The summed E-state index contributed by atoms with van der Waals surface area (Å²) in [5, 5.41) is 0. The number of carbonyl (C=O) groups excluding carboxylic acids is 2. The molecule has 7 saturated heterocycles. The van der Waals surface area contributed by atoms with Gasteiger partial charge in [0.25, 0.3) is 0 Å². The van der Waals surface area contributed by atoms with E-state index in [1.165, 1.54) is 70.5 Å². The maximum Gasteiger partial charge on any atom is 0.159 e. The van der Waals surface area contributed by atoms with Crippen molar-refractivity contribution in [3.8, 4) is 0 Å². The lowest BCUT2D eigenvalue weighted by Crippen LogP contribution is -2.48.